The van der Waals surface area contributed by atoms with Crippen LogP contribution in [0, 0.1) is 6.92 Å². The second kappa shape index (κ2) is 9.56. The fraction of sp³-hybridized carbons (Fsp3) is 0.231. The van der Waals surface area contributed by atoms with Gasteiger partial charge in [0, 0.05) is 23.4 Å². The summed E-state index contributed by atoms with van der Waals surface area (Å²) in [5.41, 5.74) is 2.58. The molecule has 1 aliphatic heterocycles. The van der Waals surface area contributed by atoms with Crippen LogP contribution in [0.2, 0.25) is 0 Å². The van der Waals surface area contributed by atoms with E-state index in [1.165, 1.54) is 0 Å². The summed E-state index contributed by atoms with van der Waals surface area (Å²) in [6, 6.07) is 21.9. The number of rotatable bonds is 6. The summed E-state index contributed by atoms with van der Waals surface area (Å²) in [4.78, 5) is 27.5. The lowest BCUT2D eigenvalue weighted by Gasteiger charge is -2.31. The second-order valence-electron chi connectivity index (χ2n) is 7.69. The Morgan fingerprint density at radius 2 is 1.69 bits per heavy atom. The number of ether oxygens (including phenoxy) is 2. The van der Waals surface area contributed by atoms with Crippen molar-refractivity contribution in [3.63, 3.8) is 0 Å². The number of likely N-dealkylation sites (N-methyl/N-ethyl adjacent to an activating group) is 1. The normalized spacial score (nSPS) is 14.5. The van der Waals surface area contributed by atoms with Crippen LogP contribution in [0.15, 0.2) is 72.8 Å². The van der Waals surface area contributed by atoms with Gasteiger partial charge in [-0.3, -0.25) is 9.59 Å². The van der Waals surface area contributed by atoms with Crippen LogP contribution in [0.25, 0.3) is 0 Å². The minimum Gasteiger partial charge on any atom is -0.486 e. The molecule has 0 bridgehead atoms. The van der Waals surface area contributed by atoms with E-state index in [1.54, 1.807) is 29.2 Å². The number of amides is 2. The maximum absolute atomic E-state index is 13.2. The SMILES string of the molecule is CCN(CC1COc2ccccc2O1)C(=O)c1ccc(C)c(NC(=O)c2ccccc2)c1. The molecule has 1 unspecified atom stereocenters. The summed E-state index contributed by atoms with van der Waals surface area (Å²) in [7, 11) is 0. The van der Waals surface area contributed by atoms with Crippen LogP contribution in [0.5, 0.6) is 11.5 Å². The van der Waals surface area contributed by atoms with Gasteiger partial charge in [0.05, 0.1) is 6.54 Å². The molecule has 0 fully saturated rings. The van der Waals surface area contributed by atoms with Crippen molar-refractivity contribution in [3.8, 4) is 11.5 Å². The number of hydrogen-bond donors (Lipinski definition) is 1. The summed E-state index contributed by atoms with van der Waals surface area (Å²) >= 11 is 0. The zero-order chi connectivity index (χ0) is 22.5. The number of carbonyl (C=O) groups excluding carboxylic acids is 2. The third kappa shape index (κ3) is 4.75. The molecule has 0 aromatic heterocycles. The van der Waals surface area contributed by atoms with E-state index in [1.807, 2.05) is 62.4 Å². The molecule has 0 spiro atoms. The van der Waals surface area contributed by atoms with Crippen LogP contribution in [0.3, 0.4) is 0 Å². The number of nitrogens with zero attached hydrogens (tertiary/aromatic N) is 1. The van der Waals surface area contributed by atoms with E-state index < -0.39 is 0 Å². The Bertz CT molecular complexity index is 1110. The molecule has 2 amide bonds. The Balaban J connectivity index is 1.47. The third-order valence-electron chi connectivity index (χ3n) is 5.43. The van der Waals surface area contributed by atoms with Crippen LogP contribution in [-0.4, -0.2) is 42.5 Å². The Hall–Kier alpha value is -3.80. The summed E-state index contributed by atoms with van der Waals surface area (Å²) in [6.45, 7) is 5.15. The van der Waals surface area contributed by atoms with Gasteiger partial charge in [-0.05, 0) is 55.8 Å². The number of hydrogen-bond acceptors (Lipinski definition) is 4. The van der Waals surface area contributed by atoms with Crippen LogP contribution in [0.1, 0.15) is 33.2 Å². The lowest BCUT2D eigenvalue weighted by Crippen LogP contribution is -2.43. The number of nitrogens with one attached hydrogen (secondary N) is 1. The van der Waals surface area contributed by atoms with Crippen LogP contribution < -0.4 is 14.8 Å². The van der Waals surface area contributed by atoms with E-state index in [4.69, 9.17) is 9.47 Å². The highest BCUT2D eigenvalue weighted by Crippen LogP contribution is 2.31. The Morgan fingerprint density at radius 3 is 2.44 bits per heavy atom. The first-order chi connectivity index (χ1) is 15.5. The van der Waals surface area contributed by atoms with E-state index >= 15 is 0 Å². The van der Waals surface area contributed by atoms with Crippen LogP contribution >= 0.6 is 0 Å². The van der Waals surface area contributed by atoms with Gasteiger partial charge in [-0.2, -0.15) is 0 Å². The minimum atomic E-state index is -0.253. The summed E-state index contributed by atoms with van der Waals surface area (Å²) < 4.78 is 11.8. The first-order valence-corrected chi connectivity index (χ1v) is 10.7. The lowest BCUT2D eigenvalue weighted by atomic mass is 10.1. The van der Waals surface area contributed by atoms with Crippen molar-refractivity contribution in [1.82, 2.24) is 4.90 Å². The van der Waals surface area contributed by atoms with Crippen molar-refractivity contribution in [3.05, 3.63) is 89.5 Å². The molecule has 4 rings (SSSR count). The highest BCUT2D eigenvalue weighted by atomic mass is 16.6. The third-order valence-corrected chi connectivity index (χ3v) is 5.43. The molecule has 3 aromatic rings. The predicted octanol–water partition coefficient (Wildman–Crippen LogP) is 4.55. The topological polar surface area (TPSA) is 67.9 Å². The quantitative estimate of drug-likeness (QED) is 0.623. The fourth-order valence-electron chi connectivity index (χ4n) is 3.61. The second-order valence-corrected chi connectivity index (χ2v) is 7.69. The fourth-order valence-corrected chi connectivity index (χ4v) is 3.61. The van der Waals surface area contributed by atoms with E-state index in [2.05, 4.69) is 5.32 Å². The van der Waals surface area contributed by atoms with Gasteiger partial charge in [-0.1, -0.05) is 36.4 Å². The molecule has 0 saturated heterocycles. The summed E-state index contributed by atoms with van der Waals surface area (Å²) in [6.07, 6.45) is -0.253. The van der Waals surface area contributed by atoms with Gasteiger partial charge in [-0.15, -0.1) is 0 Å². The molecule has 0 saturated carbocycles. The molecule has 0 aliphatic carbocycles. The largest absolute Gasteiger partial charge is 0.486 e. The average Bonchev–Trinajstić information content (AvgIpc) is 2.84. The van der Waals surface area contributed by atoms with Gasteiger partial charge in [-0.25, -0.2) is 0 Å². The highest BCUT2D eigenvalue weighted by molar-refractivity contribution is 6.05. The van der Waals surface area contributed by atoms with E-state index in [0.29, 0.717) is 42.3 Å². The zero-order valence-corrected chi connectivity index (χ0v) is 18.2. The molecule has 1 N–H and O–H groups in total. The first kappa shape index (κ1) is 21.4. The van der Waals surface area contributed by atoms with Gasteiger partial charge in [0.2, 0.25) is 0 Å². The van der Waals surface area contributed by atoms with Gasteiger partial charge in [0.15, 0.2) is 17.6 Å². The molecule has 3 aromatic carbocycles. The predicted molar refractivity (Wildman–Crippen MR) is 124 cm³/mol. The summed E-state index contributed by atoms with van der Waals surface area (Å²) in [5, 5.41) is 2.92. The van der Waals surface area contributed by atoms with Crippen LogP contribution in [-0.2, 0) is 0 Å². The maximum atomic E-state index is 13.2. The molecule has 1 heterocycles. The number of benzene rings is 3. The average molecular weight is 431 g/mol. The lowest BCUT2D eigenvalue weighted by molar-refractivity contribution is 0.0475. The van der Waals surface area contributed by atoms with Gasteiger partial charge >= 0.3 is 0 Å². The molecular formula is C26H26N2O4. The van der Waals surface area contributed by atoms with Gasteiger partial charge in [0.1, 0.15) is 6.61 Å². The highest BCUT2D eigenvalue weighted by Gasteiger charge is 2.25. The number of aryl methyl sites for hydroxylation is 1. The molecule has 6 heteroatoms. The van der Waals surface area contributed by atoms with Gasteiger partial charge < -0.3 is 19.7 Å². The van der Waals surface area contributed by atoms with E-state index in [-0.39, 0.29) is 17.9 Å². The number of fused-ring (bicyclic) bond motifs is 1. The maximum Gasteiger partial charge on any atom is 0.255 e. The van der Waals surface area contributed by atoms with Crippen molar-refractivity contribution in [2.24, 2.45) is 0 Å². The summed E-state index contributed by atoms with van der Waals surface area (Å²) in [5.74, 6) is 1.08. The van der Waals surface area contributed by atoms with Crippen LogP contribution in [0.4, 0.5) is 5.69 Å². The van der Waals surface area contributed by atoms with Gasteiger partial charge in [0.25, 0.3) is 11.8 Å². The van der Waals surface area contributed by atoms with Crippen molar-refractivity contribution < 1.29 is 19.1 Å². The standard InChI is InChI=1S/C26H26N2O4/c1-3-28(16-21-17-31-23-11-7-8-12-24(23)32-21)26(30)20-14-13-18(2)22(15-20)27-25(29)19-9-5-4-6-10-19/h4-15,21H,3,16-17H2,1-2H3,(H,27,29). The smallest absolute Gasteiger partial charge is 0.255 e. The monoisotopic (exact) mass is 430 g/mol. The van der Waals surface area contributed by atoms with Crippen molar-refractivity contribution in [1.29, 1.82) is 0 Å². The van der Waals surface area contributed by atoms with Crippen molar-refractivity contribution >= 4 is 17.5 Å². The Labute approximate surface area is 187 Å². The Kier molecular flexibility index (Phi) is 6.40. The van der Waals surface area contributed by atoms with Crippen molar-refractivity contribution in [2.45, 2.75) is 20.0 Å². The molecule has 32 heavy (non-hydrogen) atoms. The molecule has 6 nitrogen and oxygen atoms in total. The minimum absolute atomic E-state index is 0.120. The van der Waals surface area contributed by atoms with Crippen molar-refractivity contribution in [2.75, 3.05) is 25.0 Å². The number of carbonyl (C=O) groups is 2. The molecule has 1 aliphatic rings. The molecular weight excluding hydrogens is 404 g/mol. The molecule has 1 atom stereocenters. The number of anilines is 1. The zero-order valence-electron chi connectivity index (χ0n) is 18.2. The Morgan fingerprint density at radius 1 is 0.969 bits per heavy atom. The van der Waals surface area contributed by atoms with E-state index in [9.17, 15) is 9.59 Å². The van der Waals surface area contributed by atoms with E-state index in [0.717, 1.165) is 11.3 Å². The number of para-hydroxylation sites is 2. The molecule has 0 radical (unpaired) electrons. The first-order valence-electron chi connectivity index (χ1n) is 10.7. The molecule has 164 valence electrons.